The van der Waals surface area contributed by atoms with Crippen molar-refractivity contribution in [2.45, 2.75) is 12.8 Å². The Hall–Kier alpha value is -1.94. The second kappa shape index (κ2) is 6.88. The van der Waals surface area contributed by atoms with E-state index in [1.807, 2.05) is 42.5 Å². The Morgan fingerprint density at radius 1 is 1.09 bits per heavy atom. The number of rotatable bonds is 5. The lowest BCUT2D eigenvalue weighted by molar-refractivity contribution is -0.117. The van der Waals surface area contributed by atoms with Crippen LogP contribution in [0.1, 0.15) is 16.7 Å². The van der Waals surface area contributed by atoms with Crippen molar-refractivity contribution in [2.75, 3.05) is 13.1 Å². The van der Waals surface area contributed by atoms with Crippen LogP contribution >= 0.6 is 15.9 Å². The first-order chi connectivity index (χ1) is 10.7. The summed E-state index contributed by atoms with van der Waals surface area (Å²) in [4.78, 5) is 16.7. The molecule has 0 aromatic heterocycles. The zero-order chi connectivity index (χ0) is 15.4. The monoisotopic (exact) mass is 356 g/mol. The lowest BCUT2D eigenvalue weighted by atomic mass is 10.0. The van der Waals surface area contributed by atoms with Crippen molar-refractivity contribution in [1.82, 2.24) is 5.32 Å². The number of benzene rings is 2. The van der Waals surface area contributed by atoms with Crippen LogP contribution < -0.4 is 5.32 Å². The van der Waals surface area contributed by atoms with E-state index in [4.69, 9.17) is 0 Å². The first-order valence-electron chi connectivity index (χ1n) is 7.34. The highest BCUT2D eigenvalue weighted by Crippen LogP contribution is 2.14. The Labute approximate surface area is 138 Å². The summed E-state index contributed by atoms with van der Waals surface area (Å²) in [6, 6.07) is 16.0. The van der Waals surface area contributed by atoms with Crippen LogP contribution in [0.4, 0.5) is 0 Å². The SMILES string of the molecule is O=C(Cc1cccc(Br)c1)Cc1cccc(C2=NCCN2)c1. The van der Waals surface area contributed by atoms with E-state index in [0.29, 0.717) is 12.8 Å². The number of carbonyl (C=O) groups excluding carboxylic acids is 1. The summed E-state index contributed by atoms with van der Waals surface area (Å²) >= 11 is 3.43. The molecule has 0 amide bonds. The van der Waals surface area contributed by atoms with Crippen LogP contribution in [-0.2, 0) is 17.6 Å². The van der Waals surface area contributed by atoms with Gasteiger partial charge in [-0.05, 0) is 29.3 Å². The number of amidine groups is 1. The van der Waals surface area contributed by atoms with Crippen molar-refractivity contribution < 1.29 is 4.79 Å². The number of hydrogen-bond donors (Lipinski definition) is 1. The number of halogens is 1. The van der Waals surface area contributed by atoms with Crippen LogP contribution in [0.25, 0.3) is 0 Å². The van der Waals surface area contributed by atoms with Crippen molar-refractivity contribution >= 4 is 27.5 Å². The first-order valence-corrected chi connectivity index (χ1v) is 8.14. The van der Waals surface area contributed by atoms with Gasteiger partial charge in [0.2, 0.25) is 0 Å². The quantitative estimate of drug-likeness (QED) is 0.893. The van der Waals surface area contributed by atoms with Gasteiger partial charge >= 0.3 is 0 Å². The third kappa shape index (κ3) is 3.83. The van der Waals surface area contributed by atoms with E-state index in [1.165, 1.54) is 0 Å². The third-order valence-electron chi connectivity index (χ3n) is 3.57. The second-order valence-corrected chi connectivity index (χ2v) is 6.30. The van der Waals surface area contributed by atoms with Gasteiger partial charge in [-0.1, -0.05) is 46.3 Å². The van der Waals surface area contributed by atoms with Crippen molar-refractivity contribution in [1.29, 1.82) is 0 Å². The molecule has 2 aromatic rings. The Kier molecular flexibility index (Phi) is 4.68. The Bertz CT molecular complexity index is 725. The molecule has 0 saturated heterocycles. The van der Waals surface area contributed by atoms with Gasteiger partial charge in [-0.3, -0.25) is 9.79 Å². The minimum Gasteiger partial charge on any atom is -0.368 e. The van der Waals surface area contributed by atoms with Crippen molar-refractivity contribution in [3.63, 3.8) is 0 Å². The predicted molar refractivity (Wildman–Crippen MR) is 92.4 cm³/mol. The minimum atomic E-state index is 0.219. The summed E-state index contributed by atoms with van der Waals surface area (Å²) in [6.45, 7) is 1.71. The maximum absolute atomic E-state index is 12.3. The number of carbonyl (C=O) groups is 1. The molecule has 22 heavy (non-hydrogen) atoms. The lowest BCUT2D eigenvalue weighted by Gasteiger charge is -2.06. The molecule has 1 N–H and O–H groups in total. The molecule has 0 radical (unpaired) electrons. The van der Waals surface area contributed by atoms with Gasteiger partial charge in [0.25, 0.3) is 0 Å². The highest BCUT2D eigenvalue weighted by atomic mass is 79.9. The van der Waals surface area contributed by atoms with Crippen LogP contribution in [0.5, 0.6) is 0 Å². The molecule has 0 unspecified atom stereocenters. The normalized spacial score (nSPS) is 13.6. The summed E-state index contributed by atoms with van der Waals surface area (Å²) < 4.78 is 1.00. The molecule has 0 spiro atoms. The first kappa shape index (κ1) is 15.0. The van der Waals surface area contributed by atoms with Gasteiger partial charge in [-0.15, -0.1) is 0 Å². The second-order valence-electron chi connectivity index (χ2n) is 5.38. The number of nitrogens with one attached hydrogen (secondary N) is 1. The topological polar surface area (TPSA) is 41.5 Å². The van der Waals surface area contributed by atoms with Gasteiger partial charge in [0.1, 0.15) is 11.6 Å². The summed E-state index contributed by atoms with van der Waals surface area (Å²) in [5, 5.41) is 3.26. The molecule has 0 bridgehead atoms. The Balaban J connectivity index is 1.67. The molecule has 0 fully saturated rings. The molecule has 112 valence electrons. The van der Waals surface area contributed by atoms with E-state index in [0.717, 1.165) is 40.1 Å². The molecule has 0 aliphatic carbocycles. The lowest BCUT2D eigenvalue weighted by Crippen LogP contribution is -2.19. The van der Waals surface area contributed by atoms with E-state index < -0.39 is 0 Å². The molecule has 1 aliphatic rings. The fourth-order valence-corrected chi connectivity index (χ4v) is 3.03. The molecule has 0 saturated carbocycles. The van der Waals surface area contributed by atoms with Gasteiger partial charge < -0.3 is 5.32 Å². The van der Waals surface area contributed by atoms with Gasteiger partial charge in [0, 0.05) is 29.4 Å². The molecular formula is C18H17BrN2O. The van der Waals surface area contributed by atoms with Crippen LogP contribution in [0.2, 0.25) is 0 Å². The van der Waals surface area contributed by atoms with Crippen LogP contribution in [0, 0.1) is 0 Å². The van der Waals surface area contributed by atoms with Crippen LogP contribution in [0.15, 0.2) is 58.0 Å². The standard InChI is InChI=1S/C18H17BrN2O/c19-16-6-2-4-14(10-16)12-17(22)11-13-3-1-5-15(9-13)18-20-7-8-21-18/h1-6,9-10H,7-8,11-12H2,(H,20,21). The maximum Gasteiger partial charge on any atom is 0.141 e. The number of ketones is 1. The average molecular weight is 357 g/mol. The van der Waals surface area contributed by atoms with Crippen LogP contribution in [-0.4, -0.2) is 24.7 Å². The average Bonchev–Trinajstić information content (AvgIpc) is 3.01. The molecule has 0 atom stereocenters. The predicted octanol–water partition coefficient (Wildman–Crippen LogP) is 3.15. The molecule has 3 rings (SSSR count). The zero-order valence-electron chi connectivity index (χ0n) is 12.2. The number of nitrogens with zero attached hydrogens (tertiary/aromatic N) is 1. The zero-order valence-corrected chi connectivity index (χ0v) is 13.8. The fourth-order valence-electron chi connectivity index (χ4n) is 2.58. The summed E-state index contributed by atoms with van der Waals surface area (Å²) in [7, 11) is 0. The molecule has 1 aliphatic heterocycles. The van der Waals surface area contributed by atoms with E-state index >= 15 is 0 Å². The largest absolute Gasteiger partial charge is 0.368 e. The third-order valence-corrected chi connectivity index (χ3v) is 4.06. The molecule has 3 nitrogen and oxygen atoms in total. The van der Waals surface area contributed by atoms with Crippen molar-refractivity contribution in [2.24, 2.45) is 4.99 Å². The fraction of sp³-hybridized carbons (Fsp3) is 0.222. The highest BCUT2D eigenvalue weighted by Gasteiger charge is 2.10. The van der Waals surface area contributed by atoms with E-state index in [1.54, 1.807) is 0 Å². The molecule has 2 aromatic carbocycles. The number of aliphatic imine (C=N–C) groups is 1. The van der Waals surface area contributed by atoms with Crippen molar-refractivity contribution in [3.05, 3.63) is 69.7 Å². The van der Waals surface area contributed by atoms with Gasteiger partial charge in [-0.2, -0.15) is 0 Å². The summed E-state index contributed by atoms with van der Waals surface area (Å²) in [5.74, 6) is 1.15. The summed E-state index contributed by atoms with van der Waals surface area (Å²) in [6.07, 6.45) is 0.913. The maximum atomic E-state index is 12.3. The highest BCUT2D eigenvalue weighted by molar-refractivity contribution is 9.10. The van der Waals surface area contributed by atoms with E-state index in [9.17, 15) is 4.79 Å². The molecule has 1 heterocycles. The Morgan fingerprint density at radius 3 is 2.50 bits per heavy atom. The van der Waals surface area contributed by atoms with Crippen LogP contribution in [0.3, 0.4) is 0 Å². The van der Waals surface area contributed by atoms with Gasteiger partial charge in [-0.25, -0.2) is 0 Å². The smallest absolute Gasteiger partial charge is 0.141 e. The summed E-state index contributed by atoms with van der Waals surface area (Å²) in [5.41, 5.74) is 3.14. The van der Waals surface area contributed by atoms with Gasteiger partial charge in [0.15, 0.2) is 0 Å². The van der Waals surface area contributed by atoms with Crippen molar-refractivity contribution in [3.8, 4) is 0 Å². The number of hydrogen-bond acceptors (Lipinski definition) is 3. The molecule has 4 heteroatoms. The van der Waals surface area contributed by atoms with E-state index in [-0.39, 0.29) is 5.78 Å². The minimum absolute atomic E-state index is 0.219. The molecular weight excluding hydrogens is 340 g/mol. The van der Waals surface area contributed by atoms with E-state index in [2.05, 4.69) is 32.3 Å². The number of Topliss-reactive ketones (excluding diaryl/α,β-unsaturated/α-hetero) is 1. The Morgan fingerprint density at radius 2 is 1.82 bits per heavy atom. The van der Waals surface area contributed by atoms with Gasteiger partial charge in [0.05, 0.1) is 6.54 Å².